The Bertz CT molecular complexity index is 955. The molecule has 22 heavy (non-hydrogen) atoms. The summed E-state index contributed by atoms with van der Waals surface area (Å²) in [5.41, 5.74) is 5.80. The highest BCUT2D eigenvalue weighted by molar-refractivity contribution is 6.02. The van der Waals surface area contributed by atoms with Crippen LogP contribution in [0.5, 0.6) is 0 Å². The Morgan fingerprint density at radius 1 is 0.545 bits per heavy atom. The predicted molar refractivity (Wildman–Crippen MR) is 94.4 cm³/mol. The zero-order valence-electron chi connectivity index (χ0n) is 12.5. The third kappa shape index (κ3) is 1.42. The number of hydrogen-bond donors (Lipinski definition) is 0. The van der Waals surface area contributed by atoms with Crippen molar-refractivity contribution in [3.05, 3.63) is 83.9 Å². The molecule has 4 aromatic rings. The van der Waals surface area contributed by atoms with Crippen molar-refractivity contribution in [3.63, 3.8) is 0 Å². The van der Waals surface area contributed by atoms with E-state index in [1.807, 2.05) is 0 Å². The Morgan fingerprint density at radius 3 is 1.50 bits per heavy atom. The van der Waals surface area contributed by atoms with Gasteiger partial charge in [-0.1, -0.05) is 79.7 Å². The van der Waals surface area contributed by atoms with Gasteiger partial charge in [-0.15, -0.1) is 0 Å². The summed E-state index contributed by atoms with van der Waals surface area (Å²) < 4.78 is 0. The molecule has 0 saturated heterocycles. The lowest BCUT2D eigenvalue weighted by Gasteiger charge is -2.12. The van der Waals surface area contributed by atoms with Gasteiger partial charge in [-0.2, -0.15) is 0 Å². The molecule has 5 rings (SSSR count). The van der Waals surface area contributed by atoms with Gasteiger partial charge in [0.25, 0.3) is 0 Å². The number of rotatable bonds is 0. The second-order valence-electron chi connectivity index (χ2n) is 6.22. The Labute approximate surface area is 130 Å². The zero-order chi connectivity index (χ0) is 14.7. The summed E-state index contributed by atoms with van der Waals surface area (Å²) >= 11 is 0. The van der Waals surface area contributed by atoms with E-state index in [0.29, 0.717) is 5.92 Å². The van der Waals surface area contributed by atoms with E-state index in [-0.39, 0.29) is 0 Å². The molecule has 0 nitrogen and oxygen atoms in total. The van der Waals surface area contributed by atoms with Gasteiger partial charge in [0, 0.05) is 5.92 Å². The molecule has 1 aliphatic rings. The number of hydrogen-bond acceptors (Lipinski definition) is 0. The molecule has 0 amide bonds. The lowest BCUT2D eigenvalue weighted by molar-refractivity contribution is 0.977. The fraction of sp³-hybridized carbons (Fsp3) is 0.0909. The van der Waals surface area contributed by atoms with Crippen LogP contribution < -0.4 is 0 Å². The van der Waals surface area contributed by atoms with Gasteiger partial charge < -0.3 is 0 Å². The Balaban J connectivity index is 1.93. The lowest BCUT2D eigenvalue weighted by atomic mass is 9.92. The van der Waals surface area contributed by atoms with Gasteiger partial charge in [0.1, 0.15) is 0 Å². The standard InChI is InChI=1S/C22H16/c1-14-21-17-8-4-2-6-15(17)10-12-19(21)20-13-11-16-7-3-5-9-18(16)22(14)20/h2-14H,1H3. The van der Waals surface area contributed by atoms with Crippen LogP contribution in [0.2, 0.25) is 0 Å². The van der Waals surface area contributed by atoms with Crippen LogP contribution >= 0.6 is 0 Å². The van der Waals surface area contributed by atoms with Crippen molar-refractivity contribution in [1.82, 2.24) is 0 Å². The van der Waals surface area contributed by atoms with E-state index >= 15 is 0 Å². The van der Waals surface area contributed by atoms with Crippen molar-refractivity contribution < 1.29 is 0 Å². The van der Waals surface area contributed by atoms with Crippen LogP contribution in [0.1, 0.15) is 24.0 Å². The van der Waals surface area contributed by atoms with E-state index in [1.54, 1.807) is 0 Å². The number of benzene rings is 4. The Kier molecular flexibility index (Phi) is 2.29. The van der Waals surface area contributed by atoms with Crippen LogP contribution in [-0.4, -0.2) is 0 Å². The average molecular weight is 280 g/mol. The maximum atomic E-state index is 2.35. The van der Waals surface area contributed by atoms with E-state index in [0.717, 1.165) is 0 Å². The first kappa shape index (κ1) is 12.0. The van der Waals surface area contributed by atoms with E-state index < -0.39 is 0 Å². The molecule has 0 aromatic heterocycles. The van der Waals surface area contributed by atoms with Crippen molar-refractivity contribution in [2.24, 2.45) is 0 Å². The van der Waals surface area contributed by atoms with Gasteiger partial charge in [0.15, 0.2) is 0 Å². The van der Waals surface area contributed by atoms with Gasteiger partial charge in [0.05, 0.1) is 0 Å². The molecule has 0 atom stereocenters. The predicted octanol–water partition coefficient (Wildman–Crippen LogP) is 6.13. The maximum Gasteiger partial charge on any atom is 0.00856 e. The van der Waals surface area contributed by atoms with Crippen molar-refractivity contribution in [3.8, 4) is 11.1 Å². The normalized spacial score (nSPS) is 13.5. The highest BCUT2D eigenvalue weighted by Gasteiger charge is 2.28. The first-order valence-electron chi connectivity index (χ1n) is 7.88. The number of fused-ring (bicyclic) bond motifs is 7. The summed E-state index contributed by atoms with van der Waals surface area (Å²) in [6.45, 7) is 2.35. The maximum absolute atomic E-state index is 2.35. The highest BCUT2D eigenvalue weighted by Crippen LogP contribution is 2.49. The van der Waals surface area contributed by atoms with Crippen molar-refractivity contribution in [2.45, 2.75) is 12.8 Å². The molecule has 104 valence electrons. The molecule has 0 fully saturated rings. The van der Waals surface area contributed by atoms with Gasteiger partial charge in [0.2, 0.25) is 0 Å². The molecule has 4 aromatic carbocycles. The molecule has 0 unspecified atom stereocenters. The molecular formula is C22H16. The van der Waals surface area contributed by atoms with Gasteiger partial charge >= 0.3 is 0 Å². The van der Waals surface area contributed by atoms with Crippen LogP contribution in [0.15, 0.2) is 72.8 Å². The van der Waals surface area contributed by atoms with Crippen molar-refractivity contribution in [1.29, 1.82) is 0 Å². The monoisotopic (exact) mass is 280 g/mol. The van der Waals surface area contributed by atoms with Crippen LogP contribution in [0.4, 0.5) is 0 Å². The molecular weight excluding hydrogens is 264 g/mol. The quantitative estimate of drug-likeness (QED) is 0.364. The Hall–Kier alpha value is -2.60. The van der Waals surface area contributed by atoms with Crippen LogP contribution in [0.25, 0.3) is 32.7 Å². The third-order valence-corrected chi connectivity index (χ3v) is 5.10. The minimum atomic E-state index is 0.446. The van der Waals surface area contributed by atoms with Crippen molar-refractivity contribution in [2.75, 3.05) is 0 Å². The average Bonchev–Trinajstić information content (AvgIpc) is 2.88. The van der Waals surface area contributed by atoms with E-state index in [2.05, 4.69) is 79.7 Å². The third-order valence-electron chi connectivity index (χ3n) is 5.10. The molecule has 0 N–H and O–H groups in total. The van der Waals surface area contributed by atoms with Gasteiger partial charge in [-0.25, -0.2) is 0 Å². The molecule has 1 aliphatic carbocycles. The Morgan fingerprint density at radius 2 is 1.00 bits per heavy atom. The van der Waals surface area contributed by atoms with Crippen LogP contribution in [0.3, 0.4) is 0 Å². The topological polar surface area (TPSA) is 0 Å². The fourth-order valence-corrected chi connectivity index (χ4v) is 4.14. The molecule has 0 heteroatoms. The molecule has 0 bridgehead atoms. The van der Waals surface area contributed by atoms with Crippen molar-refractivity contribution >= 4 is 21.5 Å². The summed E-state index contributed by atoms with van der Waals surface area (Å²) in [4.78, 5) is 0. The fourth-order valence-electron chi connectivity index (χ4n) is 4.14. The molecule has 0 spiro atoms. The first-order valence-corrected chi connectivity index (χ1v) is 7.88. The lowest BCUT2D eigenvalue weighted by Crippen LogP contribution is -1.92. The summed E-state index contributed by atoms with van der Waals surface area (Å²) in [7, 11) is 0. The summed E-state index contributed by atoms with van der Waals surface area (Å²) in [6, 6.07) is 26.6. The first-order chi connectivity index (χ1) is 10.8. The van der Waals surface area contributed by atoms with Crippen LogP contribution in [0, 0.1) is 0 Å². The van der Waals surface area contributed by atoms with Gasteiger partial charge in [-0.3, -0.25) is 0 Å². The molecule has 0 heterocycles. The van der Waals surface area contributed by atoms with E-state index in [1.165, 1.54) is 43.8 Å². The molecule has 0 radical (unpaired) electrons. The van der Waals surface area contributed by atoms with E-state index in [4.69, 9.17) is 0 Å². The second-order valence-corrected chi connectivity index (χ2v) is 6.22. The zero-order valence-corrected chi connectivity index (χ0v) is 12.5. The van der Waals surface area contributed by atoms with E-state index in [9.17, 15) is 0 Å². The van der Waals surface area contributed by atoms with Gasteiger partial charge in [-0.05, 0) is 43.8 Å². The minimum Gasteiger partial charge on any atom is -0.0616 e. The van der Waals surface area contributed by atoms with Crippen LogP contribution in [-0.2, 0) is 0 Å². The molecule has 0 aliphatic heterocycles. The smallest absolute Gasteiger partial charge is 0.00856 e. The SMILES string of the molecule is CC1c2c(ccc3ccccc23)-c2ccc3ccccc3c21. The minimum absolute atomic E-state index is 0.446. The molecule has 0 saturated carbocycles. The second kappa shape index (κ2) is 4.20. The highest BCUT2D eigenvalue weighted by atomic mass is 14.3. The summed E-state index contributed by atoms with van der Waals surface area (Å²) in [5.74, 6) is 0.446. The summed E-state index contributed by atoms with van der Waals surface area (Å²) in [6.07, 6.45) is 0. The summed E-state index contributed by atoms with van der Waals surface area (Å²) in [5, 5.41) is 5.47. The largest absolute Gasteiger partial charge is 0.0616 e.